The number of benzene rings is 2. The molecule has 2 rings (SSSR count). The van der Waals surface area contributed by atoms with Crippen molar-refractivity contribution in [2.24, 2.45) is 0 Å². The van der Waals surface area contributed by atoms with Crippen LogP contribution in [0.5, 0.6) is 0 Å². The van der Waals surface area contributed by atoms with Crippen molar-refractivity contribution in [3.05, 3.63) is 87.0 Å². The van der Waals surface area contributed by atoms with Gasteiger partial charge in [-0.3, -0.25) is 55.4 Å². The summed E-state index contributed by atoms with van der Waals surface area (Å²) in [4.78, 5) is 65.4. The molecule has 1 N–H and O–H groups in total. The molecule has 0 aromatic heterocycles. The van der Waals surface area contributed by atoms with Crippen molar-refractivity contribution >= 4 is 34.6 Å². The van der Waals surface area contributed by atoms with Crippen LogP contribution in [0, 0.1) is 54.3 Å². The molecule has 0 fully saturated rings. The first-order valence-corrected chi connectivity index (χ1v) is 8.07. The molecular formula is C16H11N5O10. The Balaban J connectivity index is 2.54. The first-order valence-electron chi connectivity index (χ1n) is 8.07. The zero-order valence-electron chi connectivity index (χ0n) is 15.7. The smallest absolute Gasteiger partial charge is 0.279 e. The van der Waals surface area contributed by atoms with Crippen LogP contribution in [0.25, 0.3) is 0 Å². The number of hydrogen-bond donors (Lipinski definition) is 1. The number of hydrogen-bond acceptors (Lipinski definition) is 10. The summed E-state index contributed by atoms with van der Waals surface area (Å²) in [5.41, 5.74) is -4.72. The van der Waals surface area contributed by atoms with E-state index in [1.54, 1.807) is 5.32 Å². The minimum absolute atomic E-state index is 0.275. The minimum Gasteiger partial charge on any atom is -0.288 e. The fourth-order valence-electron chi connectivity index (χ4n) is 2.67. The molecule has 0 saturated carbocycles. The van der Waals surface area contributed by atoms with Gasteiger partial charge in [0.15, 0.2) is 0 Å². The number of carbonyl (C=O) groups is 2. The second-order valence-electron chi connectivity index (χ2n) is 6.09. The summed E-state index contributed by atoms with van der Waals surface area (Å²) in [5.74, 6) is -2.55. The number of rotatable bonds is 6. The van der Waals surface area contributed by atoms with Crippen molar-refractivity contribution in [1.82, 2.24) is 5.32 Å². The fourth-order valence-corrected chi connectivity index (χ4v) is 2.67. The number of nitrogens with one attached hydrogen (secondary N) is 1. The second kappa shape index (κ2) is 8.27. The molecule has 0 aliphatic rings. The van der Waals surface area contributed by atoms with Crippen LogP contribution in [0.4, 0.5) is 22.7 Å². The van der Waals surface area contributed by atoms with Crippen LogP contribution in [-0.4, -0.2) is 31.5 Å². The zero-order valence-corrected chi connectivity index (χ0v) is 15.7. The number of carbonyl (C=O) groups excluding carboxylic acids is 2. The molecule has 2 aromatic rings. The van der Waals surface area contributed by atoms with E-state index >= 15 is 0 Å². The van der Waals surface area contributed by atoms with Gasteiger partial charge in [0.25, 0.3) is 34.6 Å². The van der Waals surface area contributed by atoms with E-state index in [9.17, 15) is 50.0 Å². The summed E-state index contributed by atoms with van der Waals surface area (Å²) >= 11 is 0. The van der Waals surface area contributed by atoms with Gasteiger partial charge in [0, 0.05) is 23.3 Å². The summed E-state index contributed by atoms with van der Waals surface area (Å²) in [6.45, 7) is 2.26. The average molecular weight is 433 g/mol. The SMILES string of the molecule is Cc1c(C(=O)NC(=O)c2cc([N+](=O)[O-])cc([N+](=O)[O-])c2C)cc([N+](=O)[O-])cc1[N+](=O)[O-]. The largest absolute Gasteiger partial charge is 0.288 e. The number of non-ortho nitro benzene ring substituents is 2. The van der Waals surface area contributed by atoms with Gasteiger partial charge in [-0.05, 0) is 13.8 Å². The van der Waals surface area contributed by atoms with Crippen molar-refractivity contribution in [2.45, 2.75) is 13.8 Å². The van der Waals surface area contributed by atoms with Crippen LogP contribution in [0.15, 0.2) is 24.3 Å². The van der Waals surface area contributed by atoms with Crippen molar-refractivity contribution in [3.63, 3.8) is 0 Å². The van der Waals surface area contributed by atoms with E-state index in [-0.39, 0.29) is 11.1 Å². The van der Waals surface area contributed by atoms with Gasteiger partial charge in [0.05, 0.1) is 43.0 Å². The van der Waals surface area contributed by atoms with Gasteiger partial charge in [0.2, 0.25) is 0 Å². The van der Waals surface area contributed by atoms with Crippen molar-refractivity contribution < 1.29 is 29.3 Å². The van der Waals surface area contributed by atoms with Crippen LogP contribution >= 0.6 is 0 Å². The molecule has 0 aliphatic carbocycles. The van der Waals surface area contributed by atoms with E-state index in [2.05, 4.69) is 0 Å². The lowest BCUT2D eigenvalue weighted by atomic mass is 10.0. The highest BCUT2D eigenvalue weighted by molar-refractivity contribution is 6.12. The molecule has 0 spiro atoms. The van der Waals surface area contributed by atoms with Crippen LogP contribution in [0.2, 0.25) is 0 Å². The van der Waals surface area contributed by atoms with Gasteiger partial charge >= 0.3 is 0 Å². The monoisotopic (exact) mass is 433 g/mol. The zero-order chi connectivity index (χ0) is 23.6. The fraction of sp³-hybridized carbons (Fsp3) is 0.125. The lowest BCUT2D eigenvalue weighted by Gasteiger charge is -2.09. The average Bonchev–Trinajstić information content (AvgIpc) is 2.66. The maximum Gasteiger partial charge on any atom is 0.279 e. The second-order valence-corrected chi connectivity index (χ2v) is 6.09. The van der Waals surface area contributed by atoms with Crippen molar-refractivity contribution in [2.75, 3.05) is 0 Å². The molecule has 31 heavy (non-hydrogen) atoms. The standard InChI is InChI=1S/C16H11N5O10/c1-7-11(3-9(18(24)25)5-13(7)20(28)29)15(22)17-16(23)12-4-10(19(26)27)6-14(8(12)2)21(30)31/h3-6H,1-2H3,(H,17,22,23). The Kier molecular flexibility index (Phi) is 6.00. The summed E-state index contributed by atoms with van der Waals surface area (Å²) in [7, 11) is 0. The molecule has 0 radical (unpaired) electrons. The molecule has 0 saturated heterocycles. The molecule has 15 nitrogen and oxygen atoms in total. The van der Waals surface area contributed by atoms with E-state index in [1.807, 2.05) is 0 Å². The molecule has 2 amide bonds. The third kappa shape index (κ3) is 4.44. The molecule has 0 aliphatic heterocycles. The third-order valence-corrected chi connectivity index (χ3v) is 4.26. The Hall–Kier alpha value is -4.82. The molecule has 160 valence electrons. The lowest BCUT2D eigenvalue weighted by Crippen LogP contribution is -2.31. The highest BCUT2D eigenvalue weighted by Gasteiger charge is 2.28. The van der Waals surface area contributed by atoms with E-state index in [4.69, 9.17) is 0 Å². The summed E-state index contributed by atoms with van der Waals surface area (Å²) in [6, 6.07) is 2.71. The van der Waals surface area contributed by atoms with E-state index < -0.39 is 65.4 Å². The molecule has 0 unspecified atom stereocenters. The van der Waals surface area contributed by atoms with Gasteiger partial charge in [-0.15, -0.1) is 0 Å². The Bertz CT molecular complexity index is 1100. The number of nitro benzene ring substituents is 4. The third-order valence-electron chi connectivity index (χ3n) is 4.26. The van der Waals surface area contributed by atoms with Crippen molar-refractivity contribution in [3.8, 4) is 0 Å². The number of imide groups is 1. The highest BCUT2D eigenvalue weighted by atomic mass is 16.6. The number of nitro groups is 4. The van der Waals surface area contributed by atoms with Gasteiger partial charge < -0.3 is 0 Å². The topological polar surface area (TPSA) is 219 Å². The predicted molar refractivity (Wildman–Crippen MR) is 101 cm³/mol. The van der Waals surface area contributed by atoms with Crippen LogP contribution in [-0.2, 0) is 0 Å². The Morgan fingerprint density at radius 3 is 1.23 bits per heavy atom. The van der Waals surface area contributed by atoms with E-state index in [0.717, 1.165) is 13.8 Å². The number of nitrogens with zero attached hydrogens (tertiary/aromatic N) is 4. The predicted octanol–water partition coefficient (Wildman–Crippen LogP) is 2.51. The Labute approximate surface area is 170 Å². The van der Waals surface area contributed by atoms with Gasteiger partial charge in [-0.25, -0.2) is 0 Å². The summed E-state index contributed by atoms with van der Waals surface area (Å²) in [5, 5.41) is 46.0. The normalized spacial score (nSPS) is 10.3. The Morgan fingerprint density at radius 1 is 0.645 bits per heavy atom. The molecule has 0 heterocycles. The lowest BCUT2D eigenvalue weighted by molar-refractivity contribution is -0.394. The Morgan fingerprint density at radius 2 is 0.968 bits per heavy atom. The van der Waals surface area contributed by atoms with E-state index in [1.165, 1.54) is 0 Å². The van der Waals surface area contributed by atoms with Gasteiger partial charge in [0.1, 0.15) is 0 Å². The van der Waals surface area contributed by atoms with Gasteiger partial charge in [-0.1, -0.05) is 0 Å². The maximum absolute atomic E-state index is 12.5. The summed E-state index contributed by atoms with van der Waals surface area (Å²) < 4.78 is 0. The van der Waals surface area contributed by atoms with E-state index in [0.29, 0.717) is 24.3 Å². The quantitative estimate of drug-likeness (QED) is 0.398. The molecule has 0 atom stereocenters. The molecular weight excluding hydrogens is 422 g/mol. The van der Waals surface area contributed by atoms with Crippen LogP contribution in [0.1, 0.15) is 31.8 Å². The maximum atomic E-state index is 12.5. The van der Waals surface area contributed by atoms with Crippen molar-refractivity contribution in [1.29, 1.82) is 0 Å². The first kappa shape index (κ1) is 22.5. The molecule has 2 aromatic carbocycles. The summed E-state index contributed by atoms with van der Waals surface area (Å²) in [6.07, 6.45) is 0. The van der Waals surface area contributed by atoms with Crippen LogP contribution < -0.4 is 5.32 Å². The first-order chi connectivity index (χ1) is 14.3. The van der Waals surface area contributed by atoms with Crippen LogP contribution in [0.3, 0.4) is 0 Å². The molecule has 0 bridgehead atoms. The number of amides is 2. The minimum atomic E-state index is -1.28. The molecule has 15 heteroatoms. The van der Waals surface area contributed by atoms with Gasteiger partial charge in [-0.2, -0.15) is 0 Å². The highest BCUT2D eigenvalue weighted by Crippen LogP contribution is 2.30.